The van der Waals surface area contributed by atoms with Crippen molar-refractivity contribution in [2.75, 3.05) is 19.8 Å². The van der Waals surface area contributed by atoms with Gasteiger partial charge >= 0.3 is 0 Å². The van der Waals surface area contributed by atoms with E-state index in [0.29, 0.717) is 25.4 Å². The SMILES string of the molecule is CCCCCCCCCCCCCCOC(COCc1ccccc1)COc1ccc(C#N)cc1. The molecule has 0 saturated carbocycles. The van der Waals surface area contributed by atoms with Crippen LogP contribution in [0, 0.1) is 11.3 Å². The topological polar surface area (TPSA) is 51.5 Å². The zero-order valence-electron chi connectivity index (χ0n) is 21.8. The zero-order chi connectivity index (χ0) is 24.8. The summed E-state index contributed by atoms with van der Waals surface area (Å²) in [6.07, 6.45) is 15.9. The monoisotopic (exact) mass is 479 g/mol. The lowest BCUT2D eigenvalue weighted by molar-refractivity contribution is -0.0425. The number of ether oxygens (including phenoxy) is 3. The number of nitrogens with zero attached hydrogens (tertiary/aromatic N) is 1. The molecular weight excluding hydrogens is 434 g/mol. The lowest BCUT2D eigenvalue weighted by atomic mass is 10.1. The van der Waals surface area contributed by atoms with E-state index in [4.69, 9.17) is 19.5 Å². The number of nitriles is 1. The molecule has 35 heavy (non-hydrogen) atoms. The van der Waals surface area contributed by atoms with Crippen LogP contribution in [0.5, 0.6) is 5.75 Å². The standard InChI is InChI=1S/C31H45NO3/c1-2-3-4-5-6-7-8-9-10-11-12-16-23-34-31(26-33-25-29-17-14-13-15-18-29)27-35-30-21-19-28(24-32)20-22-30/h13-15,17-22,31H,2-12,16,23,25-27H2,1H3. The van der Waals surface area contributed by atoms with Gasteiger partial charge in [-0.25, -0.2) is 0 Å². The Kier molecular flexibility index (Phi) is 16.4. The van der Waals surface area contributed by atoms with Gasteiger partial charge in [0.15, 0.2) is 0 Å². The van der Waals surface area contributed by atoms with Crippen molar-refractivity contribution in [3.05, 3.63) is 65.7 Å². The second kappa shape index (κ2) is 19.9. The molecule has 0 fully saturated rings. The predicted octanol–water partition coefficient (Wildman–Crippen LogP) is 8.24. The molecule has 192 valence electrons. The Bertz CT molecular complexity index is 785. The molecule has 0 bridgehead atoms. The van der Waals surface area contributed by atoms with E-state index in [0.717, 1.165) is 24.3 Å². The molecule has 0 heterocycles. The number of unbranched alkanes of at least 4 members (excludes halogenated alkanes) is 11. The van der Waals surface area contributed by atoms with E-state index in [1.165, 1.54) is 70.6 Å². The van der Waals surface area contributed by atoms with Crippen LogP contribution in [0.1, 0.15) is 95.1 Å². The van der Waals surface area contributed by atoms with E-state index in [1.54, 1.807) is 12.1 Å². The van der Waals surface area contributed by atoms with Gasteiger partial charge in [0, 0.05) is 6.61 Å². The molecule has 0 N–H and O–H groups in total. The fourth-order valence-corrected chi connectivity index (χ4v) is 4.03. The molecule has 1 atom stereocenters. The Hall–Kier alpha value is -2.35. The molecule has 0 saturated heterocycles. The van der Waals surface area contributed by atoms with E-state index >= 15 is 0 Å². The molecule has 2 aromatic rings. The minimum Gasteiger partial charge on any atom is -0.491 e. The highest BCUT2D eigenvalue weighted by atomic mass is 16.6. The van der Waals surface area contributed by atoms with Crippen LogP contribution in [0.2, 0.25) is 0 Å². The Labute approximate surface area is 213 Å². The Morgan fingerprint density at radius 1 is 0.714 bits per heavy atom. The van der Waals surface area contributed by atoms with Crippen molar-refractivity contribution in [2.45, 2.75) is 96.7 Å². The van der Waals surface area contributed by atoms with Crippen LogP contribution >= 0.6 is 0 Å². The second-order valence-electron chi connectivity index (χ2n) is 9.33. The fourth-order valence-electron chi connectivity index (χ4n) is 4.03. The summed E-state index contributed by atoms with van der Waals surface area (Å²) in [5, 5.41) is 8.96. The summed E-state index contributed by atoms with van der Waals surface area (Å²) >= 11 is 0. The molecule has 0 aromatic heterocycles. The normalized spacial score (nSPS) is 11.8. The highest BCUT2D eigenvalue weighted by Gasteiger charge is 2.11. The van der Waals surface area contributed by atoms with Crippen LogP contribution in [0.4, 0.5) is 0 Å². The van der Waals surface area contributed by atoms with Gasteiger partial charge < -0.3 is 14.2 Å². The Balaban J connectivity index is 1.60. The third kappa shape index (κ3) is 14.6. The predicted molar refractivity (Wildman–Crippen MR) is 144 cm³/mol. The number of hydrogen-bond donors (Lipinski definition) is 0. The molecule has 4 heteroatoms. The molecule has 0 amide bonds. The molecular formula is C31H45NO3. The first-order valence-electron chi connectivity index (χ1n) is 13.7. The molecule has 0 aliphatic heterocycles. The van der Waals surface area contributed by atoms with Crippen LogP contribution in [-0.4, -0.2) is 25.9 Å². The molecule has 0 radical (unpaired) electrons. The maximum absolute atomic E-state index is 8.96. The molecule has 2 rings (SSSR count). The molecule has 1 unspecified atom stereocenters. The number of rotatable bonds is 21. The molecule has 0 spiro atoms. The summed E-state index contributed by atoms with van der Waals surface area (Å²) in [4.78, 5) is 0. The summed E-state index contributed by atoms with van der Waals surface area (Å²) in [6, 6.07) is 19.5. The van der Waals surface area contributed by atoms with Crippen molar-refractivity contribution in [2.24, 2.45) is 0 Å². The molecule has 4 nitrogen and oxygen atoms in total. The van der Waals surface area contributed by atoms with E-state index in [9.17, 15) is 0 Å². The maximum Gasteiger partial charge on any atom is 0.119 e. The first-order valence-corrected chi connectivity index (χ1v) is 13.7. The van der Waals surface area contributed by atoms with E-state index < -0.39 is 0 Å². The van der Waals surface area contributed by atoms with Crippen molar-refractivity contribution in [1.82, 2.24) is 0 Å². The maximum atomic E-state index is 8.96. The third-order valence-corrected chi connectivity index (χ3v) is 6.19. The van der Waals surface area contributed by atoms with Crippen LogP contribution < -0.4 is 4.74 Å². The van der Waals surface area contributed by atoms with Gasteiger partial charge in [0.1, 0.15) is 18.5 Å². The van der Waals surface area contributed by atoms with Gasteiger partial charge in [0.2, 0.25) is 0 Å². The molecule has 0 aliphatic carbocycles. The summed E-state index contributed by atoms with van der Waals surface area (Å²) in [5.41, 5.74) is 1.78. The first kappa shape index (κ1) is 28.9. The van der Waals surface area contributed by atoms with Gasteiger partial charge in [0.25, 0.3) is 0 Å². The number of hydrogen-bond acceptors (Lipinski definition) is 4. The third-order valence-electron chi connectivity index (χ3n) is 6.19. The van der Waals surface area contributed by atoms with Gasteiger partial charge in [-0.15, -0.1) is 0 Å². The minimum absolute atomic E-state index is 0.123. The van der Waals surface area contributed by atoms with Gasteiger partial charge in [-0.3, -0.25) is 0 Å². The second-order valence-corrected chi connectivity index (χ2v) is 9.33. The van der Waals surface area contributed by atoms with Crippen molar-refractivity contribution >= 4 is 0 Å². The average molecular weight is 480 g/mol. The fraction of sp³-hybridized carbons (Fsp3) is 0.581. The van der Waals surface area contributed by atoms with E-state index in [1.807, 2.05) is 30.3 Å². The Morgan fingerprint density at radius 3 is 1.91 bits per heavy atom. The highest BCUT2D eigenvalue weighted by Crippen LogP contribution is 2.14. The minimum atomic E-state index is -0.123. The van der Waals surface area contributed by atoms with Crippen LogP contribution in [0.25, 0.3) is 0 Å². The van der Waals surface area contributed by atoms with E-state index in [2.05, 4.69) is 25.1 Å². The van der Waals surface area contributed by atoms with Crippen LogP contribution in [-0.2, 0) is 16.1 Å². The van der Waals surface area contributed by atoms with Crippen molar-refractivity contribution < 1.29 is 14.2 Å². The zero-order valence-corrected chi connectivity index (χ0v) is 21.8. The molecule has 0 aliphatic rings. The van der Waals surface area contributed by atoms with Crippen molar-refractivity contribution in [1.29, 1.82) is 5.26 Å². The number of benzene rings is 2. The lowest BCUT2D eigenvalue weighted by Gasteiger charge is -2.19. The Morgan fingerprint density at radius 2 is 1.31 bits per heavy atom. The van der Waals surface area contributed by atoms with Gasteiger partial charge in [0.05, 0.1) is 24.8 Å². The van der Waals surface area contributed by atoms with Gasteiger partial charge in [-0.05, 0) is 36.2 Å². The summed E-state index contributed by atoms with van der Waals surface area (Å²) in [6.45, 7) is 4.49. The average Bonchev–Trinajstić information content (AvgIpc) is 2.90. The van der Waals surface area contributed by atoms with E-state index in [-0.39, 0.29) is 6.10 Å². The van der Waals surface area contributed by atoms with Gasteiger partial charge in [-0.1, -0.05) is 108 Å². The van der Waals surface area contributed by atoms with Crippen LogP contribution in [0.15, 0.2) is 54.6 Å². The summed E-state index contributed by atoms with van der Waals surface area (Å²) < 4.78 is 18.0. The quantitative estimate of drug-likeness (QED) is 0.169. The summed E-state index contributed by atoms with van der Waals surface area (Å²) in [7, 11) is 0. The van der Waals surface area contributed by atoms with Crippen molar-refractivity contribution in [3.63, 3.8) is 0 Å². The molecule has 2 aromatic carbocycles. The van der Waals surface area contributed by atoms with Crippen LogP contribution in [0.3, 0.4) is 0 Å². The lowest BCUT2D eigenvalue weighted by Crippen LogP contribution is -2.27. The first-order chi connectivity index (χ1) is 17.3. The smallest absolute Gasteiger partial charge is 0.119 e. The highest BCUT2D eigenvalue weighted by molar-refractivity contribution is 5.34. The van der Waals surface area contributed by atoms with Crippen molar-refractivity contribution in [3.8, 4) is 11.8 Å². The van der Waals surface area contributed by atoms with Gasteiger partial charge in [-0.2, -0.15) is 5.26 Å². The largest absolute Gasteiger partial charge is 0.491 e. The summed E-state index contributed by atoms with van der Waals surface area (Å²) in [5.74, 6) is 0.742.